The summed E-state index contributed by atoms with van der Waals surface area (Å²) in [5.74, 6) is -0.0736. The quantitative estimate of drug-likeness (QED) is 0.808. The van der Waals surface area contributed by atoms with Gasteiger partial charge in [-0.3, -0.25) is 4.79 Å². The highest BCUT2D eigenvalue weighted by atomic mass is 16.5. The van der Waals surface area contributed by atoms with Crippen molar-refractivity contribution in [2.45, 2.75) is 58.4 Å². The Balaban J connectivity index is 2.05. The third kappa shape index (κ3) is 4.31. The first-order chi connectivity index (χ1) is 10.0. The average molecular weight is 289 g/mol. The number of ether oxygens (including phenoxy) is 1. The Morgan fingerprint density at radius 1 is 1.29 bits per heavy atom. The molecule has 1 aliphatic carbocycles. The van der Waals surface area contributed by atoms with E-state index in [4.69, 9.17) is 10.5 Å². The van der Waals surface area contributed by atoms with E-state index in [1.54, 1.807) is 0 Å². The number of carbonyl (C=O) groups excluding carboxylic acids is 1. The van der Waals surface area contributed by atoms with Crippen molar-refractivity contribution in [1.29, 1.82) is 0 Å². The first-order valence-corrected chi connectivity index (χ1v) is 8.02. The van der Waals surface area contributed by atoms with Gasteiger partial charge in [-0.2, -0.15) is 0 Å². The van der Waals surface area contributed by atoms with Crippen LogP contribution in [0.15, 0.2) is 24.3 Å². The van der Waals surface area contributed by atoms with Gasteiger partial charge in [0, 0.05) is 6.04 Å². The second-order valence-corrected chi connectivity index (χ2v) is 6.41. The molecule has 0 radical (unpaired) electrons. The van der Waals surface area contributed by atoms with Crippen molar-refractivity contribution in [3.05, 3.63) is 35.4 Å². The maximum Gasteiger partial charge on any atom is 0.306 e. The van der Waals surface area contributed by atoms with Crippen LogP contribution in [-0.4, -0.2) is 12.6 Å². The van der Waals surface area contributed by atoms with Gasteiger partial charge in [0.25, 0.3) is 0 Å². The first kappa shape index (κ1) is 16.0. The lowest BCUT2D eigenvalue weighted by Crippen LogP contribution is -2.27. The third-order valence-corrected chi connectivity index (χ3v) is 4.65. The van der Waals surface area contributed by atoms with Crippen LogP contribution in [0.5, 0.6) is 0 Å². The summed E-state index contributed by atoms with van der Waals surface area (Å²) in [6.45, 7) is 4.39. The van der Waals surface area contributed by atoms with E-state index in [1.165, 1.54) is 18.4 Å². The molecule has 3 heteroatoms. The van der Waals surface area contributed by atoms with E-state index in [1.807, 2.05) is 6.92 Å². The number of carbonyl (C=O) groups is 1. The van der Waals surface area contributed by atoms with E-state index in [0.29, 0.717) is 13.0 Å². The molecule has 0 aliphatic heterocycles. The number of nitrogens with two attached hydrogens (primary N) is 1. The summed E-state index contributed by atoms with van der Waals surface area (Å²) >= 11 is 0. The lowest BCUT2D eigenvalue weighted by molar-refractivity contribution is -0.146. The molecule has 1 aliphatic rings. The summed E-state index contributed by atoms with van der Waals surface area (Å²) in [6.07, 6.45) is 5.95. The molecule has 1 unspecified atom stereocenters. The fourth-order valence-corrected chi connectivity index (χ4v) is 3.49. The number of esters is 1. The molecule has 116 valence electrons. The zero-order valence-corrected chi connectivity index (χ0v) is 13.2. The van der Waals surface area contributed by atoms with Crippen LogP contribution in [0.4, 0.5) is 0 Å². The highest BCUT2D eigenvalue weighted by molar-refractivity contribution is 5.70. The van der Waals surface area contributed by atoms with E-state index in [9.17, 15) is 4.79 Å². The summed E-state index contributed by atoms with van der Waals surface area (Å²) in [4.78, 5) is 11.9. The average Bonchev–Trinajstić information content (AvgIpc) is 2.87. The number of aryl methyl sites for hydroxylation is 1. The van der Waals surface area contributed by atoms with Crippen molar-refractivity contribution in [1.82, 2.24) is 0 Å². The van der Waals surface area contributed by atoms with Crippen molar-refractivity contribution in [2.24, 2.45) is 11.1 Å². The van der Waals surface area contributed by atoms with Gasteiger partial charge in [-0.05, 0) is 44.1 Å². The van der Waals surface area contributed by atoms with E-state index >= 15 is 0 Å². The van der Waals surface area contributed by atoms with Gasteiger partial charge in [0.15, 0.2) is 0 Å². The van der Waals surface area contributed by atoms with Crippen LogP contribution in [0.1, 0.15) is 62.6 Å². The van der Waals surface area contributed by atoms with Crippen molar-refractivity contribution in [2.75, 3.05) is 6.61 Å². The molecular formula is C18H27NO2. The highest BCUT2D eigenvalue weighted by Crippen LogP contribution is 2.46. The number of benzene rings is 1. The van der Waals surface area contributed by atoms with Gasteiger partial charge < -0.3 is 10.5 Å². The van der Waals surface area contributed by atoms with Crippen LogP contribution in [-0.2, 0) is 9.53 Å². The Bertz CT molecular complexity index is 461. The highest BCUT2D eigenvalue weighted by Gasteiger charge is 2.38. The molecule has 1 aromatic carbocycles. The molecule has 0 aromatic heterocycles. The van der Waals surface area contributed by atoms with Crippen LogP contribution < -0.4 is 5.73 Å². The van der Waals surface area contributed by atoms with Crippen LogP contribution in [0.3, 0.4) is 0 Å². The second kappa shape index (κ2) is 7.08. The Morgan fingerprint density at radius 3 is 2.48 bits per heavy atom. The Hall–Kier alpha value is -1.35. The molecule has 1 atom stereocenters. The van der Waals surface area contributed by atoms with Gasteiger partial charge in [0.05, 0.1) is 13.0 Å². The standard InChI is InChI=1S/C18H27NO2/c1-3-21-17(20)13-18(10-4-5-11-18)12-16(19)15-8-6-14(2)7-9-15/h6-9,16H,3-5,10-13,19H2,1-2H3. The predicted molar refractivity (Wildman–Crippen MR) is 84.9 cm³/mol. The molecule has 0 amide bonds. The maximum atomic E-state index is 11.9. The first-order valence-electron chi connectivity index (χ1n) is 8.02. The molecule has 0 spiro atoms. The van der Waals surface area contributed by atoms with E-state index in [2.05, 4.69) is 31.2 Å². The smallest absolute Gasteiger partial charge is 0.306 e. The van der Waals surface area contributed by atoms with Crippen molar-refractivity contribution in [3.8, 4) is 0 Å². The second-order valence-electron chi connectivity index (χ2n) is 6.41. The lowest BCUT2D eigenvalue weighted by atomic mass is 9.76. The van der Waals surface area contributed by atoms with Gasteiger partial charge in [0.2, 0.25) is 0 Å². The molecule has 0 saturated heterocycles. The molecule has 1 aromatic rings. The molecule has 2 N–H and O–H groups in total. The topological polar surface area (TPSA) is 52.3 Å². The van der Waals surface area contributed by atoms with Crippen molar-refractivity contribution in [3.63, 3.8) is 0 Å². The molecule has 1 fully saturated rings. The minimum atomic E-state index is -0.0736. The third-order valence-electron chi connectivity index (χ3n) is 4.65. The lowest BCUT2D eigenvalue weighted by Gasteiger charge is -2.31. The monoisotopic (exact) mass is 289 g/mol. The molecule has 21 heavy (non-hydrogen) atoms. The van der Waals surface area contributed by atoms with Crippen LogP contribution in [0.25, 0.3) is 0 Å². The minimum Gasteiger partial charge on any atom is -0.466 e. The summed E-state index contributed by atoms with van der Waals surface area (Å²) in [7, 11) is 0. The van der Waals surface area contributed by atoms with E-state index in [-0.39, 0.29) is 17.4 Å². The van der Waals surface area contributed by atoms with Crippen LogP contribution >= 0.6 is 0 Å². The molecule has 0 heterocycles. The zero-order chi connectivity index (χ0) is 15.3. The minimum absolute atomic E-state index is 0.00173. The van der Waals surface area contributed by atoms with Gasteiger partial charge >= 0.3 is 5.97 Å². The number of rotatable bonds is 6. The Labute approximate surface area is 127 Å². The van der Waals surface area contributed by atoms with Crippen molar-refractivity contribution < 1.29 is 9.53 Å². The van der Waals surface area contributed by atoms with Gasteiger partial charge in [-0.25, -0.2) is 0 Å². The molecule has 1 saturated carbocycles. The van der Waals surface area contributed by atoms with Crippen LogP contribution in [0, 0.1) is 12.3 Å². The summed E-state index contributed by atoms with van der Waals surface area (Å²) in [5.41, 5.74) is 8.85. The molecular weight excluding hydrogens is 262 g/mol. The molecule has 2 rings (SSSR count). The van der Waals surface area contributed by atoms with Gasteiger partial charge in [-0.15, -0.1) is 0 Å². The Kier molecular flexibility index (Phi) is 5.40. The van der Waals surface area contributed by atoms with E-state index in [0.717, 1.165) is 24.8 Å². The van der Waals surface area contributed by atoms with Gasteiger partial charge in [-0.1, -0.05) is 42.7 Å². The Morgan fingerprint density at radius 2 is 1.90 bits per heavy atom. The van der Waals surface area contributed by atoms with Crippen LogP contribution in [0.2, 0.25) is 0 Å². The zero-order valence-electron chi connectivity index (χ0n) is 13.2. The maximum absolute atomic E-state index is 11.9. The molecule has 0 bridgehead atoms. The largest absolute Gasteiger partial charge is 0.466 e. The fourth-order valence-electron chi connectivity index (χ4n) is 3.49. The predicted octanol–water partition coefficient (Wildman–Crippen LogP) is 3.90. The normalized spacial score (nSPS) is 18.4. The summed E-state index contributed by atoms with van der Waals surface area (Å²) < 4.78 is 5.15. The number of hydrogen-bond donors (Lipinski definition) is 1. The molecule has 3 nitrogen and oxygen atoms in total. The SMILES string of the molecule is CCOC(=O)CC1(CC(N)c2ccc(C)cc2)CCCC1. The summed E-state index contributed by atoms with van der Waals surface area (Å²) in [5, 5.41) is 0. The summed E-state index contributed by atoms with van der Waals surface area (Å²) in [6, 6.07) is 8.40. The number of hydrogen-bond acceptors (Lipinski definition) is 3. The van der Waals surface area contributed by atoms with E-state index < -0.39 is 0 Å². The fraction of sp³-hybridized carbons (Fsp3) is 0.611. The van der Waals surface area contributed by atoms with Gasteiger partial charge in [0.1, 0.15) is 0 Å². The van der Waals surface area contributed by atoms with Crippen molar-refractivity contribution >= 4 is 5.97 Å².